The third-order valence-electron chi connectivity index (χ3n) is 5.97. The molecule has 1 aliphatic carbocycles. The number of rotatable bonds is 6. The molecule has 1 saturated carbocycles. The van der Waals surface area contributed by atoms with Crippen molar-refractivity contribution in [1.29, 1.82) is 0 Å². The van der Waals surface area contributed by atoms with Crippen LogP contribution < -0.4 is 5.32 Å². The fourth-order valence-corrected chi connectivity index (χ4v) is 4.47. The van der Waals surface area contributed by atoms with Crippen molar-refractivity contribution in [2.45, 2.75) is 37.6 Å². The molecule has 4 rings (SSSR count). The largest absolute Gasteiger partial charge is 0.322 e. The van der Waals surface area contributed by atoms with Crippen LogP contribution >= 0.6 is 0 Å². The maximum atomic E-state index is 13.3. The van der Waals surface area contributed by atoms with Crippen molar-refractivity contribution in [2.75, 3.05) is 11.9 Å². The molecule has 0 aliphatic heterocycles. The zero-order chi connectivity index (χ0) is 19.9. The molecular formula is C26H28N2O. The van der Waals surface area contributed by atoms with Gasteiger partial charge < -0.3 is 10.2 Å². The highest BCUT2D eigenvalue weighted by molar-refractivity contribution is 5.89. The zero-order valence-corrected chi connectivity index (χ0v) is 16.8. The number of hydrogen-bond donors (Lipinski definition) is 1. The fraction of sp³-hybridized carbons (Fsp3) is 0.269. The van der Waals surface area contributed by atoms with Crippen LogP contribution in [0.4, 0.5) is 10.5 Å². The second-order valence-electron chi connectivity index (χ2n) is 7.99. The first kappa shape index (κ1) is 19.3. The van der Waals surface area contributed by atoms with Crippen LogP contribution in [0, 0.1) is 0 Å². The number of carbonyl (C=O) groups is 1. The minimum absolute atomic E-state index is 0.0318. The first-order valence-corrected chi connectivity index (χ1v) is 10.5. The molecule has 0 spiro atoms. The Balaban J connectivity index is 1.61. The Labute approximate surface area is 173 Å². The summed E-state index contributed by atoms with van der Waals surface area (Å²) in [5, 5.41) is 3.09. The molecule has 3 heteroatoms. The van der Waals surface area contributed by atoms with E-state index in [-0.39, 0.29) is 11.4 Å². The molecule has 0 atom stereocenters. The summed E-state index contributed by atoms with van der Waals surface area (Å²) in [4.78, 5) is 15.3. The number of nitrogens with zero attached hydrogens (tertiary/aromatic N) is 1. The van der Waals surface area contributed by atoms with Gasteiger partial charge in [0.25, 0.3) is 0 Å². The first-order valence-electron chi connectivity index (χ1n) is 10.5. The van der Waals surface area contributed by atoms with Gasteiger partial charge in [0.15, 0.2) is 0 Å². The van der Waals surface area contributed by atoms with E-state index in [0.29, 0.717) is 6.54 Å². The summed E-state index contributed by atoms with van der Waals surface area (Å²) in [6, 6.07) is 30.7. The number of urea groups is 1. The van der Waals surface area contributed by atoms with Gasteiger partial charge in [0.05, 0.1) is 0 Å². The van der Waals surface area contributed by atoms with Crippen LogP contribution in [0.3, 0.4) is 0 Å². The van der Waals surface area contributed by atoms with Crippen LogP contribution in [0.1, 0.15) is 36.8 Å². The smallest absolute Gasteiger partial charge is 0.319 e. The molecule has 3 aromatic rings. The molecule has 0 saturated heterocycles. The Morgan fingerprint density at radius 1 is 0.793 bits per heavy atom. The minimum Gasteiger partial charge on any atom is -0.319 e. The highest BCUT2D eigenvalue weighted by Gasteiger charge is 2.38. The van der Waals surface area contributed by atoms with E-state index < -0.39 is 0 Å². The summed E-state index contributed by atoms with van der Waals surface area (Å²) < 4.78 is 0. The van der Waals surface area contributed by atoms with E-state index in [1.54, 1.807) is 0 Å². The lowest BCUT2D eigenvalue weighted by atomic mass is 9.78. The van der Waals surface area contributed by atoms with Crippen molar-refractivity contribution < 1.29 is 4.79 Å². The lowest BCUT2D eigenvalue weighted by Crippen LogP contribution is -2.44. The molecule has 1 N–H and O–H groups in total. The first-order chi connectivity index (χ1) is 14.3. The molecule has 3 aromatic carbocycles. The predicted octanol–water partition coefficient (Wildman–Crippen LogP) is 6.23. The van der Waals surface area contributed by atoms with Gasteiger partial charge >= 0.3 is 6.03 Å². The van der Waals surface area contributed by atoms with E-state index in [1.807, 2.05) is 53.4 Å². The lowest BCUT2D eigenvalue weighted by molar-refractivity contribution is 0.189. The van der Waals surface area contributed by atoms with Crippen molar-refractivity contribution in [3.8, 4) is 0 Å². The number of amides is 2. The average molecular weight is 385 g/mol. The molecule has 3 nitrogen and oxygen atoms in total. The van der Waals surface area contributed by atoms with Gasteiger partial charge in [-0.15, -0.1) is 0 Å². The minimum atomic E-state index is -0.0396. The van der Waals surface area contributed by atoms with Crippen molar-refractivity contribution in [1.82, 2.24) is 4.90 Å². The second kappa shape index (κ2) is 8.95. The number of carbonyl (C=O) groups excluding carboxylic acids is 1. The zero-order valence-electron chi connectivity index (χ0n) is 16.8. The molecule has 2 amide bonds. The number of nitrogens with one attached hydrogen (secondary N) is 1. The van der Waals surface area contributed by atoms with Crippen molar-refractivity contribution in [3.63, 3.8) is 0 Å². The number of anilines is 1. The third-order valence-corrected chi connectivity index (χ3v) is 5.97. The Kier molecular flexibility index (Phi) is 5.95. The average Bonchev–Trinajstić information content (AvgIpc) is 3.25. The van der Waals surface area contributed by atoms with Crippen molar-refractivity contribution in [3.05, 3.63) is 102 Å². The Morgan fingerprint density at radius 2 is 1.34 bits per heavy atom. The van der Waals surface area contributed by atoms with Crippen LogP contribution in [0.25, 0.3) is 0 Å². The van der Waals surface area contributed by atoms with Gasteiger partial charge in [0.2, 0.25) is 0 Å². The van der Waals surface area contributed by atoms with Gasteiger partial charge in [0, 0.05) is 24.2 Å². The summed E-state index contributed by atoms with van der Waals surface area (Å²) in [6.07, 6.45) is 4.69. The molecular weight excluding hydrogens is 356 g/mol. The molecule has 0 heterocycles. The quantitative estimate of drug-likeness (QED) is 0.536. The standard InChI is InChI=1S/C26H28N2O/c29-25(27-24-16-8-3-9-17-24)28(20-22-12-4-1-5-13-22)21-26(18-10-11-19-26)23-14-6-2-7-15-23/h1-9,12-17H,10-11,18-21H2,(H,27,29). The summed E-state index contributed by atoms with van der Waals surface area (Å²) in [5.74, 6) is 0. The van der Waals surface area contributed by atoms with E-state index in [0.717, 1.165) is 30.6 Å². The van der Waals surface area contributed by atoms with Gasteiger partial charge in [0.1, 0.15) is 0 Å². The molecule has 148 valence electrons. The summed E-state index contributed by atoms with van der Waals surface area (Å²) in [7, 11) is 0. The van der Waals surface area contributed by atoms with Crippen LogP contribution in [0.5, 0.6) is 0 Å². The van der Waals surface area contributed by atoms with Crippen LogP contribution in [-0.4, -0.2) is 17.5 Å². The third kappa shape index (κ3) is 4.68. The summed E-state index contributed by atoms with van der Waals surface area (Å²) in [6.45, 7) is 1.33. The fourth-order valence-electron chi connectivity index (χ4n) is 4.47. The number of hydrogen-bond acceptors (Lipinski definition) is 1. The lowest BCUT2D eigenvalue weighted by Gasteiger charge is -2.36. The monoisotopic (exact) mass is 384 g/mol. The molecule has 0 bridgehead atoms. The highest BCUT2D eigenvalue weighted by Crippen LogP contribution is 2.42. The Morgan fingerprint density at radius 3 is 1.97 bits per heavy atom. The molecule has 1 aliphatic rings. The topological polar surface area (TPSA) is 32.3 Å². The van der Waals surface area contributed by atoms with Gasteiger partial charge in [-0.05, 0) is 36.1 Å². The maximum Gasteiger partial charge on any atom is 0.322 e. The van der Waals surface area contributed by atoms with Crippen LogP contribution in [0.2, 0.25) is 0 Å². The predicted molar refractivity (Wildman–Crippen MR) is 119 cm³/mol. The summed E-state index contributed by atoms with van der Waals surface area (Å²) >= 11 is 0. The van der Waals surface area contributed by atoms with Crippen molar-refractivity contribution >= 4 is 11.7 Å². The van der Waals surface area contributed by atoms with Gasteiger partial charge in [-0.25, -0.2) is 4.79 Å². The van der Waals surface area contributed by atoms with E-state index in [4.69, 9.17) is 0 Å². The van der Waals surface area contributed by atoms with Gasteiger partial charge in [-0.3, -0.25) is 0 Å². The molecule has 0 unspecified atom stereocenters. The van der Waals surface area contributed by atoms with E-state index >= 15 is 0 Å². The SMILES string of the molecule is O=C(Nc1ccccc1)N(Cc1ccccc1)CC1(c2ccccc2)CCCC1. The maximum absolute atomic E-state index is 13.3. The van der Waals surface area contributed by atoms with Crippen molar-refractivity contribution in [2.24, 2.45) is 0 Å². The van der Waals surface area contributed by atoms with Gasteiger partial charge in [-0.1, -0.05) is 91.7 Å². The second-order valence-corrected chi connectivity index (χ2v) is 7.99. The Bertz CT molecular complexity index is 903. The molecule has 0 aromatic heterocycles. The molecule has 29 heavy (non-hydrogen) atoms. The van der Waals surface area contributed by atoms with Crippen LogP contribution in [0.15, 0.2) is 91.0 Å². The van der Waals surface area contributed by atoms with E-state index in [2.05, 4.69) is 47.8 Å². The molecule has 0 radical (unpaired) electrons. The van der Waals surface area contributed by atoms with Gasteiger partial charge in [-0.2, -0.15) is 0 Å². The van der Waals surface area contributed by atoms with Crippen LogP contribution in [-0.2, 0) is 12.0 Å². The molecule has 1 fully saturated rings. The Hall–Kier alpha value is -3.07. The number of para-hydroxylation sites is 1. The number of benzene rings is 3. The summed E-state index contributed by atoms with van der Waals surface area (Å²) in [5.41, 5.74) is 3.36. The van der Waals surface area contributed by atoms with E-state index in [1.165, 1.54) is 18.4 Å². The highest BCUT2D eigenvalue weighted by atomic mass is 16.2. The van der Waals surface area contributed by atoms with E-state index in [9.17, 15) is 4.79 Å². The normalized spacial score (nSPS) is 15.0.